The first kappa shape index (κ1) is 26.4. The van der Waals surface area contributed by atoms with E-state index < -0.39 is 5.97 Å². The van der Waals surface area contributed by atoms with Crippen molar-refractivity contribution in [3.8, 4) is 22.6 Å². The molecule has 3 aromatic carbocycles. The number of benzene rings is 3. The fourth-order valence-electron chi connectivity index (χ4n) is 3.20. The van der Waals surface area contributed by atoms with Crippen LogP contribution in [0.3, 0.4) is 0 Å². The van der Waals surface area contributed by atoms with E-state index >= 15 is 0 Å². The summed E-state index contributed by atoms with van der Waals surface area (Å²) < 4.78 is 9.17. The molecule has 0 radical (unpaired) electrons. The van der Waals surface area contributed by atoms with Crippen LogP contribution < -0.4 is 29.6 Å². The Balaban J connectivity index is 0.00000272. The number of rotatable bonds is 2. The normalized spacial score (nSPS) is 11.0. The molecule has 4 aromatic rings. The maximum absolute atomic E-state index is 12.0. The first-order chi connectivity index (χ1) is 14.1. The first-order valence-corrected chi connectivity index (χ1v) is 13.2. The van der Waals surface area contributed by atoms with Crippen LogP contribution in [0, 0.1) is 14.3 Å². The minimum atomic E-state index is -1.05. The van der Waals surface area contributed by atoms with Crippen LogP contribution in [0.5, 0.6) is 11.5 Å². The largest absolute Gasteiger partial charge is 1.00 e. The van der Waals surface area contributed by atoms with E-state index in [0.717, 1.165) is 4.47 Å². The minimum Gasteiger partial charge on any atom is -0.505 e. The number of hydrogen-bond acceptors (Lipinski definition) is 3. The summed E-state index contributed by atoms with van der Waals surface area (Å²) in [6.07, 6.45) is 0. The Hall–Kier alpha value is 0.800. The molecule has 31 heavy (non-hydrogen) atoms. The second-order valence-electron chi connectivity index (χ2n) is 6.27. The molecule has 5 nitrogen and oxygen atoms in total. The topological polar surface area (TPSA) is 89.1 Å². The van der Waals surface area contributed by atoms with Crippen molar-refractivity contribution < 1.29 is 54.1 Å². The summed E-state index contributed by atoms with van der Waals surface area (Å²) >= 11 is 11.6. The van der Waals surface area contributed by atoms with Gasteiger partial charge in [0.05, 0.1) is 23.5 Å². The number of phenolic OH excluding ortho intramolecular Hbond substituents is 2. The van der Waals surface area contributed by atoms with E-state index in [1.165, 1.54) is 0 Å². The molecule has 0 aliphatic carbocycles. The maximum atomic E-state index is 12.0. The van der Waals surface area contributed by atoms with Gasteiger partial charge in [-0.3, -0.25) is 0 Å². The van der Waals surface area contributed by atoms with Gasteiger partial charge in [-0.05, 0) is 126 Å². The summed E-state index contributed by atoms with van der Waals surface area (Å²) in [7, 11) is 0. The second-order valence-corrected chi connectivity index (χ2v) is 11.7. The molecule has 0 bridgehead atoms. The van der Waals surface area contributed by atoms with E-state index in [2.05, 4.69) is 15.9 Å². The quantitative estimate of drug-likeness (QED) is 0.116. The Kier molecular flexibility index (Phi) is 8.68. The third-order valence-electron chi connectivity index (χ3n) is 4.52. The van der Waals surface area contributed by atoms with Gasteiger partial charge in [0.2, 0.25) is 0 Å². The molecule has 0 unspecified atom stereocenters. The fraction of sp³-hybridized carbons (Fsp3) is 0. The van der Waals surface area contributed by atoms with Gasteiger partial charge in [-0.2, -0.15) is 0 Å². The van der Waals surface area contributed by atoms with Crippen LogP contribution in [0.1, 0.15) is 10.4 Å². The van der Waals surface area contributed by atoms with E-state index in [1.807, 2.05) is 90.4 Å². The van der Waals surface area contributed by atoms with Crippen molar-refractivity contribution in [3.63, 3.8) is 0 Å². The van der Waals surface area contributed by atoms with Crippen molar-refractivity contribution >= 4 is 134 Å². The molecule has 0 spiro atoms. The Labute approximate surface area is 261 Å². The molecule has 3 N–H and O–H groups in total. The molecule has 0 amide bonds. The van der Waals surface area contributed by atoms with Crippen molar-refractivity contribution in [1.82, 2.24) is 0 Å². The Morgan fingerprint density at radius 2 is 1.35 bits per heavy atom. The second kappa shape index (κ2) is 10.2. The van der Waals surface area contributed by atoms with Gasteiger partial charge < -0.3 is 15.3 Å². The number of phenols is 2. The zero-order chi connectivity index (χ0) is 21.9. The van der Waals surface area contributed by atoms with Crippen LogP contribution in [-0.2, 0) is 0 Å². The smallest absolute Gasteiger partial charge is 0.505 e. The number of hydrogen-bond donors (Lipinski definition) is 3. The fourth-order valence-corrected chi connectivity index (χ4v) is 7.14. The Morgan fingerprint density at radius 1 is 0.871 bits per heavy atom. The Morgan fingerprint density at radius 3 is 1.81 bits per heavy atom. The van der Waals surface area contributed by atoms with Crippen molar-refractivity contribution in [2.24, 2.45) is 0 Å². The van der Waals surface area contributed by atoms with Crippen LogP contribution in [0.4, 0.5) is 0 Å². The zero-order valence-electron chi connectivity index (χ0n) is 15.4. The average Bonchev–Trinajstić information content (AvgIpc) is 2.69. The van der Waals surface area contributed by atoms with Crippen molar-refractivity contribution in [2.75, 3.05) is 0 Å². The number of halogens is 5. The SMILES string of the molecule is O=C(O)c1ccc(Br)cc1-c1c2cc(I)c(O)c(I)c2[o+]c2c(I)c(O)c(I)cc12.[Na+]. The monoisotopic (exact) mass is 938 g/mol. The van der Waals surface area contributed by atoms with Gasteiger partial charge in [0.25, 0.3) is 0 Å². The van der Waals surface area contributed by atoms with Gasteiger partial charge in [-0.25, -0.2) is 9.21 Å². The van der Waals surface area contributed by atoms with Gasteiger partial charge in [0.15, 0.2) is 18.6 Å². The van der Waals surface area contributed by atoms with E-state index in [9.17, 15) is 20.1 Å². The molecule has 4 rings (SSSR count). The summed E-state index contributed by atoms with van der Waals surface area (Å²) in [6, 6.07) is 8.56. The predicted molar refractivity (Wildman–Crippen MR) is 152 cm³/mol. The molecule has 1 heterocycles. The van der Waals surface area contributed by atoms with Crippen LogP contribution in [0.2, 0.25) is 0 Å². The number of carbonyl (C=O) groups is 1. The standard InChI is InChI=1S/C20H7BrI4O5.Na/c21-6-1-2-7(20(28)29)8(3-6)13-9-4-11(22)16(26)14(24)18(9)30-19-10(13)5-12(23)17(27)15(19)25;/h1-5H,(H2-,26,27,28,29);/q;+1/p+1. The Bertz CT molecular complexity index is 1340. The maximum Gasteiger partial charge on any atom is 1.00 e. The van der Waals surface area contributed by atoms with E-state index in [1.54, 1.807) is 30.3 Å². The van der Waals surface area contributed by atoms with Crippen molar-refractivity contribution in [1.29, 1.82) is 0 Å². The third kappa shape index (κ3) is 4.69. The van der Waals surface area contributed by atoms with Gasteiger partial charge in [-0.15, -0.1) is 0 Å². The molecule has 1 aromatic heterocycles. The van der Waals surface area contributed by atoms with E-state index in [4.69, 9.17) is 4.42 Å². The van der Waals surface area contributed by atoms with Gasteiger partial charge in [-0.1, -0.05) is 15.9 Å². The number of carboxylic acids is 1. The number of carboxylic acid groups (broad SMARTS) is 1. The molecule has 0 fully saturated rings. The van der Waals surface area contributed by atoms with Crippen LogP contribution >= 0.6 is 106 Å². The van der Waals surface area contributed by atoms with Gasteiger partial charge in [0, 0.05) is 10.0 Å². The number of aromatic carboxylic acids is 1. The number of fused-ring (bicyclic) bond motifs is 2. The van der Waals surface area contributed by atoms with Gasteiger partial charge >= 0.3 is 46.7 Å². The first-order valence-electron chi connectivity index (χ1n) is 8.12. The number of aromatic hydroxyl groups is 2. The summed E-state index contributed by atoms with van der Waals surface area (Å²) in [5, 5.41) is 32.1. The summed E-state index contributed by atoms with van der Waals surface area (Å²) in [6.45, 7) is 0. The van der Waals surface area contributed by atoms with Crippen LogP contribution in [0.25, 0.3) is 33.1 Å². The zero-order valence-corrected chi connectivity index (χ0v) is 27.7. The van der Waals surface area contributed by atoms with Crippen molar-refractivity contribution in [3.05, 3.63) is 54.6 Å². The minimum absolute atomic E-state index is 0. The van der Waals surface area contributed by atoms with Gasteiger partial charge in [0.1, 0.15) is 0 Å². The molecular weight excluding hydrogens is 931 g/mol. The predicted octanol–water partition coefficient (Wildman–Crippen LogP) is 4.83. The van der Waals surface area contributed by atoms with Crippen LogP contribution in [0.15, 0.2) is 39.2 Å². The van der Waals surface area contributed by atoms with E-state index in [-0.39, 0.29) is 46.6 Å². The van der Waals surface area contributed by atoms with Crippen LogP contribution in [-0.4, -0.2) is 21.3 Å². The van der Waals surface area contributed by atoms with Crippen molar-refractivity contribution in [2.45, 2.75) is 0 Å². The molecule has 0 aliphatic rings. The summed E-state index contributed by atoms with van der Waals surface area (Å²) in [5.41, 5.74) is 2.16. The molecule has 0 saturated heterocycles. The molecular formula is C20H8BrI4NaO5+2. The van der Waals surface area contributed by atoms with E-state index in [0.29, 0.717) is 47.3 Å². The summed E-state index contributed by atoms with van der Waals surface area (Å²) in [4.78, 5) is 12.0. The molecule has 0 saturated carbocycles. The molecule has 0 atom stereocenters. The average molecular weight is 939 g/mol. The molecule has 0 aliphatic heterocycles. The molecule has 152 valence electrons. The summed E-state index contributed by atoms with van der Waals surface area (Å²) in [5.74, 6) is -0.865. The molecule has 11 heteroatoms. The third-order valence-corrected chi connectivity index (χ3v) is 8.66.